The quantitative estimate of drug-likeness (QED) is 0.316. The van der Waals surface area contributed by atoms with Crippen LogP contribution >= 0.6 is 63.7 Å². The van der Waals surface area contributed by atoms with Crippen molar-refractivity contribution in [2.24, 2.45) is 0 Å². The third-order valence-electron chi connectivity index (χ3n) is 4.48. The van der Waals surface area contributed by atoms with Gasteiger partial charge in [0, 0.05) is 19.3 Å². The predicted molar refractivity (Wildman–Crippen MR) is 99.9 cm³/mol. The molecule has 0 radical (unpaired) electrons. The van der Waals surface area contributed by atoms with Crippen molar-refractivity contribution in [3.05, 3.63) is 46.5 Å². The summed E-state index contributed by atoms with van der Waals surface area (Å²) in [6, 6.07) is 9.23. The summed E-state index contributed by atoms with van der Waals surface area (Å²) in [6.07, 6.45) is 2.26. The number of hydrogen-bond donors (Lipinski definition) is 0. The maximum Gasteiger partial charge on any atom is 0.0418 e. The second-order valence-electron chi connectivity index (χ2n) is 5.57. The second-order valence-corrected chi connectivity index (χ2v) is 9.99. The Hall–Kier alpha value is 0.620. The molecule has 0 spiro atoms. The molecule has 4 unspecified atom stereocenters. The van der Waals surface area contributed by atoms with E-state index in [-0.39, 0.29) is 0 Å². The van der Waals surface area contributed by atoms with E-state index in [1.807, 2.05) is 0 Å². The highest BCUT2D eigenvalue weighted by molar-refractivity contribution is 9.10. The summed E-state index contributed by atoms with van der Waals surface area (Å²) in [5.74, 6) is 0. The monoisotopic (exact) mass is 520 g/mol. The standard InChI is InChI=1S/C16H12Br4/c17-11-5-14(20)16-8-2-4-10-12(18)6-13(19)15(10)7(8)1-3-9(11)16/h1-4,11-14H,5-6H2. The lowest BCUT2D eigenvalue weighted by Gasteiger charge is -2.14. The SMILES string of the molecule is BrC1CC(Br)c2c1ccc1c3c(ccc21)C(Br)CC3Br. The Bertz CT molecular complexity index is 648. The normalized spacial score (nSPS) is 31.6. The molecule has 2 aromatic carbocycles. The van der Waals surface area contributed by atoms with Crippen LogP contribution in [-0.4, -0.2) is 0 Å². The molecule has 0 saturated heterocycles. The molecule has 0 N–H and O–H groups in total. The van der Waals surface area contributed by atoms with Crippen LogP contribution in [-0.2, 0) is 0 Å². The van der Waals surface area contributed by atoms with E-state index in [9.17, 15) is 0 Å². The lowest BCUT2D eigenvalue weighted by Crippen LogP contribution is -1.93. The summed E-state index contributed by atoms with van der Waals surface area (Å²) in [5, 5.41) is 2.83. The number of fused-ring (bicyclic) bond motifs is 5. The van der Waals surface area contributed by atoms with Crippen LogP contribution < -0.4 is 0 Å². The highest BCUT2D eigenvalue weighted by atomic mass is 79.9. The van der Waals surface area contributed by atoms with Crippen molar-refractivity contribution >= 4 is 74.5 Å². The van der Waals surface area contributed by atoms with Gasteiger partial charge in [-0.25, -0.2) is 0 Å². The van der Waals surface area contributed by atoms with Gasteiger partial charge in [0.2, 0.25) is 0 Å². The molecular weight excluding hydrogens is 512 g/mol. The van der Waals surface area contributed by atoms with Crippen LogP contribution in [0.4, 0.5) is 0 Å². The van der Waals surface area contributed by atoms with Gasteiger partial charge in [0.1, 0.15) is 0 Å². The molecule has 0 heterocycles. The number of rotatable bonds is 0. The molecule has 0 amide bonds. The van der Waals surface area contributed by atoms with Gasteiger partial charge in [-0.1, -0.05) is 88.0 Å². The molecule has 2 aromatic rings. The minimum absolute atomic E-state index is 0.457. The molecular formula is C16H12Br4. The van der Waals surface area contributed by atoms with Crippen LogP contribution in [0, 0.1) is 0 Å². The Morgan fingerprint density at radius 2 is 1.00 bits per heavy atom. The van der Waals surface area contributed by atoms with E-state index in [1.165, 1.54) is 33.0 Å². The fourth-order valence-electron chi connectivity index (χ4n) is 3.58. The van der Waals surface area contributed by atoms with Crippen LogP contribution in [0.1, 0.15) is 54.4 Å². The fraction of sp³-hybridized carbons (Fsp3) is 0.375. The minimum Gasteiger partial charge on any atom is -0.0838 e. The average molecular weight is 524 g/mol. The molecule has 104 valence electrons. The predicted octanol–water partition coefficient (Wildman–Crippen LogP) is 7.39. The van der Waals surface area contributed by atoms with E-state index in [0.29, 0.717) is 19.3 Å². The molecule has 2 aliphatic carbocycles. The second kappa shape index (κ2) is 5.07. The zero-order valence-electron chi connectivity index (χ0n) is 10.5. The van der Waals surface area contributed by atoms with Crippen molar-refractivity contribution in [2.45, 2.75) is 32.2 Å². The molecule has 4 rings (SSSR count). The highest BCUT2D eigenvalue weighted by Gasteiger charge is 2.33. The zero-order valence-corrected chi connectivity index (χ0v) is 16.9. The molecule has 2 aliphatic rings. The molecule has 0 nitrogen and oxygen atoms in total. The van der Waals surface area contributed by atoms with Crippen molar-refractivity contribution < 1.29 is 0 Å². The van der Waals surface area contributed by atoms with E-state index in [1.54, 1.807) is 0 Å². The smallest absolute Gasteiger partial charge is 0.0418 e. The van der Waals surface area contributed by atoms with Crippen molar-refractivity contribution in [1.29, 1.82) is 0 Å². The first-order valence-electron chi connectivity index (χ1n) is 6.73. The van der Waals surface area contributed by atoms with Gasteiger partial charge < -0.3 is 0 Å². The van der Waals surface area contributed by atoms with Gasteiger partial charge in [-0.05, 0) is 45.9 Å². The van der Waals surface area contributed by atoms with E-state index >= 15 is 0 Å². The first-order valence-corrected chi connectivity index (χ1v) is 10.4. The van der Waals surface area contributed by atoms with Crippen molar-refractivity contribution in [2.75, 3.05) is 0 Å². The van der Waals surface area contributed by atoms with E-state index in [4.69, 9.17) is 0 Å². The lowest BCUT2D eigenvalue weighted by molar-refractivity contribution is 0.897. The summed E-state index contributed by atoms with van der Waals surface area (Å²) in [6.45, 7) is 0. The molecule has 0 bridgehead atoms. The Morgan fingerprint density at radius 3 is 1.40 bits per heavy atom. The van der Waals surface area contributed by atoms with E-state index in [0.717, 1.165) is 12.8 Å². The Morgan fingerprint density at radius 1 is 0.600 bits per heavy atom. The van der Waals surface area contributed by atoms with Gasteiger partial charge in [0.15, 0.2) is 0 Å². The van der Waals surface area contributed by atoms with Crippen LogP contribution in [0.25, 0.3) is 10.8 Å². The van der Waals surface area contributed by atoms with Crippen LogP contribution in [0.15, 0.2) is 24.3 Å². The molecule has 4 atom stereocenters. The summed E-state index contributed by atoms with van der Waals surface area (Å²) in [7, 11) is 0. The Balaban J connectivity index is 2.07. The summed E-state index contributed by atoms with van der Waals surface area (Å²) >= 11 is 15.3. The lowest BCUT2D eigenvalue weighted by atomic mass is 9.95. The fourth-order valence-corrected chi connectivity index (χ4v) is 7.90. The minimum atomic E-state index is 0.457. The summed E-state index contributed by atoms with van der Waals surface area (Å²) in [4.78, 5) is 1.86. The maximum absolute atomic E-state index is 3.86. The van der Waals surface area contributed by atoms with Crippen molar-refractivity contribution in [1.82, 2.24) is 0 Å². The molecule has 0 saturated carbocycles. The maximum atomic E-state index is 3.86. The molecule has 4 heteroatoms. The van der Waals surface area contributed by atoms with Crippen LogP contribution in [0.3, 0.4) is 0 Å². The van der Waals surface area contributed by atoms with Crippen molar-refractivity contribution in [3.8, 4) is 0 Å². The third-order valence-corrected chi connectivity index (χ3v) is 7.88. The van der Waals surface area contributed by atoms with Gasteiger partial charge in [-0.3, -0.25) is 0 Å². The molecule has 0 aliphatic heterocycles. The molecule has 20 heavy (non-hydrogen) atoms. The number of benzene rings is 2. The first-order chi connectivity index (χ1) is 9.58. The highest BCUT2D eigenvalue weighted by Crippen LogP contribution is 2.55. The Labute approximate surface area is 152 Å². The topological polar surface area (TPSA) is 0 Å². The van der Waals surface area contributed by atoms with Crippen molar-refractivity contribution in [3.63, 3.8) is 0 Å². The number of alkyl halides is 4. The number of halogens is 4. The van der Waals surface area contributed by atoms with Gasteiger partial charge in [0.05, 0.1) is 0 Å². The number of hydrogen-bond acceptors (Lipinski definition) is 0. The van der Waals surface area contributed by atoms with Crippen LogP contribution in [0.5, 0.6) is 0 Å². The summed E-state index contributed by atoms with van der Waals surface area (Å²) in [5.41, 5.74) is 5.84. The Kier molecular flexibility index (Phi) is 3.61. The van der Waals surface area contributed by atoms with Crippen LogP contribution in [0.2, 0.25) is 0 Å². The molecule has 0 aromatic heterocycles. The van der Waals surface area contributed by atoms with Gasteiger partial charge in [0.25, 0.3) is 0 Å². The van der Waals surface area contributed by atoms with Gasteiger partial charge in [-0.15, -0.1) is 0 Å². The van der Waals surface area contributed by atoms with E-state index < -0.39 is 0 Å². The average Bonchev–Trinajstić information content (AvgIpc) is 2.87. The third kappa shape index (κ3) is 1.94. The summed E-state index contributed by atoms with van der Waals surface area (Å²) < 4.78 is 0. The van der Waals surface area contributed by atoms with Gasteiger partial charge in [-0.2, -0.15) is 0 Å². The largest absolute Gasteiger partial charge is 0.0838 e. The van der Waals surface area contributed by atoms with E-state index in [2.05, 4.69) is 88.0 Å². The zero-order chi connectivity index (χ0) is 14.0. The first kappa shape index (κ1) is 14.2. The van der Waals surface area contributed by atoms with Gasteiger partial charge >= 0.3 is 0 Å². The molecule has 0 fully saturated rings.